The van der Waals surface area contributed by atoms with Gasteiger partial charge in [0.05, 0.1) is 6.61 Å². The van der Waals surface area contributed by atoms with Gasteiger partial charge >= 0.3 is 10.3 Å². The van der Waals surface area contributed by atoms with Crippen molar-refractivity contribution in [1.82, 2.24) is 4.72 Å². The predicted molar refractivity (Wildman–Crippen MR) is 82.9 cm³/mol. The molecule has 1 unspecified atom stereocenters. The van der Waals surface area contributed by atoms with Gasteiger partial charge in [0.25, 0.3) is 0 Å². The Labute approximate surface area is 123 Å². The van der Waals surface area contributed by atoms with Crippen molar-refractivity contribution in [2.45, 2.75) is 50.0 Å². The number of hydrogen-bond acceptors (Lipinski definition) is 4. The zero-order valence-electron chi connectivity index (χ0n) is 12.3. The van der Waals surface area contributed by atoms with E-state index in [9.17, 15) is 8.42 Å². The molecule has 1 heterocycles. The molecule has 118 valence electrons. The second-order valence-electron chi connectivity index (χ2n) is 5.90. The van der Waals surface area contributed by atoms with E-state index in [0.717, 1.165) is 37.7 Å². The standard InChI is InChI=1S/C13H25NO4S2/c1-11-9-10-17-13(11)19(2,3)18-20(15,16)14-12-7-5-4-6-8-12/h12-14H,1,4-10H2,2-3H3. The van der Waals surface area contributed by atoms with E-state index in [1.54, 1.807) is 0 Å². The molecule has 20 heavy (non-hydrogen) atoms. The van der Waals surface area contributed by atoms with Crippen LogP contribution in [0.2, 0.25) is 0 Å². The molecule has 1 saturated carbocycles. The molecule has 0 amide bonds. The van der Waals surface area contributed by atoms with Gasteiger partial charge < -0.3 is 4.74 Å². The highest BCUT2D eigenvalue weighted by molar-refractivity contribution is 8.32. The predicted octanol–water partition coefficient (Wildman–Crippen LogP) is 2.45. The monoisotopic (exact) mass is 323 g/mol. The van der Waals surface area contributed by atoms with Gasteiger partial charge in [-0.15, -0.1) is 0 Å². The van der Waals surface area contributed by atoms with Crippen molar-refractivity contribution in [3.05, 3.63) is 12.2 Å². The lowest BCUT2D eigenvalue weighted by Crippen LogP contribution is -2.38. The van der Waals surface area contributed by atoms with Crippen LogP contribution in [-0.4, -0.2) is 39.0 Å². The summed E-state index contributed by atoms with van der Waals surface area (Å²) in [6.07, 6.45) is 9.53. The fourth-order valence-corrected chi connectivity index (χ4v) is 7.09. The lowest BCUT2D eigenvalue weighted by molar-refractivity contribution is 0.175. The fraction of sp³-hybridized carbons (Fsp3) is 0.846. The van der Waals surface area contributed by atoms with Crippen molar-refractivity contribution >= 4 is 20.6 Å². The Balaban J connectivity index is 1.97. The van der Waals surface area contributed by atoms with Crippen LogP contribution < -0.4 is 4.72 Å². The normalized spacial score (nSPS) is 26.9. The molecular formula is C13H25NO4S2. The third-order valence-corrected chi connectivity index (χ3v) is 7.96. The first-order chi connectivity index (χ1) is 9.30. The van der Waals surface area contributed by atoms with Gasteiger partial charge in [0.15, 0.2) is 0 Å². The molecule has 5 nitrogen and oxygen atoms in total. The molecular weight excluding hydrogens is 298 g/mol. The molecule has 1 aliphatic carbocycles. The van der Waals surface area contributed by atoms with Gasteiger partial charge in [0, 0.05) is 6.04 Å². The molecule has 0 spiro atoms. The third-order valence-electron chi connectivity index (χ3n) is 3.72. The van der Waals surface area contributed by atoms with E-state index in [-0.39, 0.29) is 11.5 Å². The quantitative estimate of drug-likeness (QED) is 0.789. The zero-order valence-corrected chi connectivity index (χ0v) is 13.9. The Bertz CT molecular complexity index is 455. The summed E-state index contributed by atoms with van der Waals surface area (Å²) < 4.78 is 38.1. The highest BCUT2D eigenvalue weighted by Gasteiger charge is 2.37. The van der Waals surface area contributed by atoms with Crippen LogP contribution in [-0.2, 0) is 18.7 Å². The molecule has 2 fully saturated rings. The Morgan fingerprint density at radius 1 is 1.25 bits per heavy atom. The fourth-order valence-electron chi connectivity index (χ4n) is 2.81. The molecule has 0 aromatic rings. The summed E-state index contributed by atoms with van der Waals surface area (Å²) in [5.74, 6) is 0. The molecule has 0 radical (unpaired) electrons. The molecule has 1 saturated heterocycles. The van der Waals surface area contributed by atoms with Gasteiger partial charge in [-0.3, -0.25) is 0 Å². The molecule has 0 aromatic carbocycles. The maximum Gasteiger partial charge on any atom is 0.345 e. The lowest BCUT2D eigenvalue weighted by Gasteiger charge is -2.36. The van der Waals surface area contributed by atoms with Crippen molar-refractivity contribution in [2.75, 3.05) is 19.1 Å². The summed E-state index contributed by atoms with van der Waals surface area (Å²) in [7, 11) is -5.62. The Kier molecular flexibility index (Phi) is 5.18. The summed E-state index contributed by atoms with van der Waals surface area (Å²) >= 11 is 0. The maximum atomic E-state index is 12.2. The summed E-state index contributed by atoms with van der Waals surface area (Å²) in [4.78, 5) is 0. The van der Waals surface area contributed by atoms with Gasteiger partial charge in [-0.05, 0) is 37.3 Å². The first-order valence-electron chi connectivity index (χ1n) is 7.05. The first kappa shape index (κ1) is 16.3. The second-order valence-corrected chi connectivity index (χ2v) is 10.6. The van der Waals surface area contributed by atoms with Gasteiger partial charge in [-0.2, -0.15) is 13.1 Å². The SMILES string of the molecule is C=C1CCOC1S(C)(C)OS(=O)(=O)NC1CCCCC1. The number of nitrogens with one attached hydrogen (secondary N) is 1. The van der Waals surface area contributed by atoms with E-state index in [1.165, 1.54) is 6.42 Å². The summed E-state index contributed by atoms with van der Waals surface area (Å²) in [6.45, 7) is 4.54. The largest absolute Gasteiger partial charge is 0.362 e. The summed E-state index contributed by atoms with van der Waals surface area (Å²) in [6, 6.07) is 0.0108. The van der Waals surface area contributed by atoms with E-state index in [4.69, 9.17) is 8.37 Å². The van der Waals surface area contributed by atoms with Gasteiger partial charge in [0.1, 0.15) is 5.44 Å². The molecule has 1 aliphatic heterocycles. The molecule has 7 heteroatoms. The average molecular weight is 323 g/mol. The minimum absolute atomic E-state index is 0.0108. The van der Waals surface area contributed by atoms with E-state index < -0.39 is 20.6 Å². The van der Waals surface area contributed by atoms with Crippen LogP contribution >= 0.6 is 10.3 Å². The van der Waals surface area contributed by atoms with E-state index in [0.29, 0.717) is 6.61 Å². The topological polar surface area (TPSA) is 64.6 Å². The first-order valence-corrected chi connectivity index (χ1v) is 10.9. The lowest BCUT2D eigenvalue weighted by atomic mass is 9.96. The maximum absolute atomic E-state index is 12.2. The Morgan fingerprint density at radius 2 is 1.90 bits per heavy atom. The minimum Gasteiger partial charge on any atom is -0.362 e. The highest BCUT2D eigenvalue weighted by Crippen LogP contribution is 2.53. The van der Waals surface area contributed by atoms with Crippen LogP contribution in [0.1, 0.15) is 38.5 Å². The van der Waals surface area contributed by atoms with E-state index in [1.807, 2.05) is 12.5 Å². The third kappa shape index (κ3) is 4.21. The van der Waals surface area contributed by atoms with E-state index >= 15 is 0 Å². The van der Waals surface area contributed by atoms with Gasteiger partial charge in [-0.25, -0.2) is 3.63 Å². The molecule has 0 bridgehead atoms. The molecule has 2 aliphatic rings. The highest BCUT2D eigenvalue weighted by atomic mass is 32.3. The number of hydrogen-bond donors (Lipinski definition) is 1. The minimum atomic E-state index is -3.73. The van der Waals surface area contributed by atoms with E-state index in [2.05, 4.69) is 11.3 Å². The van der Waals surface area contributed by atoms with Crippen LogP contribution in [0.5, 0.6) is 0 Å². The molecule has 1 N–H and O–H groups in total. The zero-order chi connectivity index (χ0) is 14.8. The van der Waals surface area contributed by atoms with Crippen LogP contribution in [0.15, 0.2) is 12.2 Å². The van der Waals surface area contributed by atoms with Crippen molar-refractivity contribution in [3.8, 4) is 0 Å². The molecule has 0 aromatic heterocycles. The number of rotatable bonds is 5. The smallest absolute Gasteiger partial charge is 0.345 e. The van der Waals surface area contributed by atoms with Crippen LogP contribution in [0.4, 0.5) is 0 Å². The average Bonchev–Trinajstić information content (AvgIpc) is 2.75. The molecule has 2 rings (SSSR count). The Hall–Kier alpha value is -0.0800. The van der Waals surface area contributed by atoms with Crippen LogP contribution in [0, 0.1) is 0 Å². The summed E-state index contributed by atoms with van der Waals surface area (Å²) in [5, 5.41) is 0. The van der Waals surface area contributed by atoms with Crippen molar-refractivity contribution in [3.63, 3.8) is 0 Å². The van der Waals surface area contributed by atoms with Crippen molar-refractivity contribution in [1.29, 1.82) is 0 Å². The van der Waals surface area contributed by atoms with Gasteiger partial charge in [-0.1, -0.05) is 36.2 Å². The second kappa shape index (κ2) is 6.36. The summed E-state index contributed by atoms with van der Waals surface area (Å²) in [5.41, 5.74) is 0.642. The Morgan fingerprint density at radius 3 is 2.45 bits per heavy atom. The van der Waals surface area contributed by atoms with Crippen LogP contribution in [0.25, 0.3) is 0 Å². The van der Waals surface area contributed by atoms with Crippen molar-refractivity contribution in [2.24, 2.45) is 0 Å². The molecule has 1 atom stereocenters. The van der Waals surface area contributed by atoms with Gasteiger partial charge in [0.2, 0.25) is 0 Å². The van der Waals surface area contributed by atoms with Crippen molar-refractivity contribution < 1.29 is 16.8 Å². The number of ether oxygens (including phenoxy) is 1. The van der Waals surface area contributed by atoms with Crippen LogP contribution in [0.3, 0.4) is 0 Å².